The van der Waals surface area contributed by atoms with Crippen LogP contribution in [0.5, 0.6) is 0 Å². The highest BCUT2D eigenvalue weighted by atomic mass is 15.2. The number of nitrogens with zero attached hydrogens (tertiary/aromatic N) is 7. The van der Waals surface area contributed by atoms with E-state index in [-0.39, 0.29) is 13.1 Å². The van der Waals surface area contributed by atoms with E-state index in [0.29, 0.717) is 17.3 Å². The van der Waals surface area contributed by atoms with E-state index in [0.717, 1.165) is 0 Å². The molecule has 0 saturated heterocycles. The topological polar surface area (TPSA) is 120 Å². The largest absolute Gasteiger partial charge is 0.393 e. The maximum absolute atomic E-state index is 8.77. The second-order valence-corrected chi connectivity index (χ2v) is 3.58. The van der Waals surface area contributed by atoms with Crippen molar-refractivity contribution in [2.24, 2.45) is 0 Å². The fourth-order valence-electron chi connectivity index (χ4n) is 1.60. The molecule has 94 valence electrons. The van der Waals surface area contributed by atoms with Crippen LogP contribution in [0.2, 0.25) is 0 Å². The Morgan fingerprint density at radius 2 is 2.00 bits per heavy atom. The average Bonchev–Trinajstić information content (AvgIpc) is 2.93. The van der Waals surface area contributed by atoms with Gasteiger partial charge in [0.05, 0.1) is 12.1 Å². The molecule has 19 heavy (non-hydrogen) atoms. The molecule has 0 saturated carbocycles. The molecule has 0 fully saturated rings. The molecule has 2 aromatic rings. The lowest BCUT2D eigenvalue weighted by Gasteiger charge is -2.19. The van der Waals surface area contributed by atoms with Crippen molar-refractivity contribution >= 4 is 11.5 Å². The van der Waals surface area contributed by atoms with E-state index in [2.05, 4.69) is 15.0 Å². The predicted molar refractivity (Wildman–Crippen MR) is 67.0 cm³/mol. The van der Waals surface area contributed by atoms with Gasteiger partial charge >= 0.3 is 0 Å². The van der Waals surface area contributed by atoms with Crippen molar-refractivity contribution in [1.82, 2.24) is 19.5 Å². The van der Waals surface area contributed by atoms with Gasteiger partial charge in [-0.25, -0.2) is 15.0 Å². The molecule has 0 amide bonds. The van der Waals surface area contributed by atoms with Crippen molar-refractivity contribution in [3.8, 4) is 18.0 Å². The molecule has 0 aliphatic carbocycles. The molecule has 2 N–H and O–H groups in total. The van der Waals surface area contributed by atoms with Gasteiger partial charge in [-0.15, -0.1) is 0 Å². The van der Waals surface area contributed by atoms with E-state index in [4.69, 9.17) is 16.3 Å². The van der Waals surface area contributed by atoms with Gasteiger partial charge in [0.1, 0.15) is 31.4 Å². The Balaban J connectivity index is 2.45. The zero-order chi connectivity index (χ0) is 13.7. The van der Waals surface area contributed by atoms with E-state index in [1.54, 1.807) is 23.3 Å². The molecule has 0 spiro atoms. The first-order valence-corrected chi connectivity index (χ1v) is 5.35. The van der Waals surface area contributed by atoms with E-state index in [1.807, 2.05) is 12.1 Å². The molecule has 0 atom stereocenters. The predicted octanol–water partition coefficient (Wildman–Crippen LogP) is 0.0981. The Morgan fingerprint density at radius 1 is 1.26 bits per heavy atom. The first kappa shape index (κ1) is 12.3. The minimum absolute atomic E-state index is 0.0259. The van der Waals surface area contributed by atoms with Gasteiger partial charge in [0, 0.05) is 12.4 Å². The zero-order valence-corrected chi connectivity index (χ0v) is 9.93. The van der Waals surface area contributed by atoms with Gasteiger partial charge in [-0.1, -0.05) is 0 Å². The third-order valence-electron chi connectivity index (χ3n) is 2.41. The third-order valence-corrected chi connectivity index (χ3v) is 2.41. The second kappa shape index (κ2) is 5.47. The number of hydrogen-bond acceptors (Lipinski definition) is 7. The fraction of sp³-hybridized carbons (Fsp3) is 0.182. The van der Waals surface area contributed by atoms with Crippen LogP contribution in [0.1, 0.15) is 0 Å². The summed E-state index contributed by atoms with van der Waals surface area (Å²) in [5.41, 5.74) is 6.30. The average molecular weight is 254 g/mol. The first-order valence-electron chi connectivity index (χ1n) is 5.35. The summed E-state index contributed by atoms with van der Waals surface area (Å²) in [4.78, 5) is 13.5. The molecular weight excluding hydrogens is 244 g/mol. The van der Waals surface area contributed by atoms with Crippen molar-refractivity contribution in [3.05, 3.63) is 25.0 Å². The van der Waals surface area contributed by atoms with E-state index >= 15 is 0 Å². The molecule has 2 aromatic heterocycles. The van der Waals surface area contributed by atoms with Crippen LogP contribution in [-0.4, -0.2) is 32.6 Å². The molecular formula is C11H10N8. The minimum atomic E-state index is 0.0259. The Kier molecular flexibility index (Phi) is 3.55. The van der Waals surface area contributed by atoms with Crippen molar-refractivity contribution in [1.29, 1.82) is 10.5 Å². The highest BCUT2D eigenvalue weighted by molar-refractivity contribution is 5.70. The van der Waals surface area contributed by atoms with E-state index in [1.165, 1.54) is 11.2 Å². The number of nitriles is 2. The summed E-state index contributed by atoms with van der Waals surface area (Å²) in [5.74, 6) is 0.824. The number of rotatable bonds is 4. The summed E-state index contributed by atoms with van der Waals surface area (Å²) in [6.45, 7) is 0.0519. The lowest BCUT2D eigenvalue weighted by Crippen LogP contribution is -2.26. The Hall–Kier alpha value is -3.13. The summed E-state index contributed by atoms with van der Waals surface area (Å²) in [6, 6.07) is 3.94. The minimum Gasteiger partial charge on any atom is -0.393 e. The quantitative estimate of drug-likeness (QED) is 0.768. The SMILES string of the molecule is N#CCN(CC#N)c1ncnc(-n2ccnc2)c1N. The van der Waals surface area contributed by atoms with E-state index in [9.17, 15) is 0 Å². The number of anilines is 2. The Morgan fingerprint density at radius 3 is 2.58 bits per heavy atom. The summed E-state index contributed by atoms with van der Waals surface area (Å²) in [5, 5.41) is 17.5. The lowest BCUT2D eigenvalue weighted by atomic mass is 10.3. The van der Waals surface area contributed by atoms with Crippen LogP contribution in [0.3, 0.4) is 0 Å². The van der Waals surface area contributed by atoms with Gasteiger partial charge in [0.25, 0.3) is 0 Å². The molecule has 2 heterocycles. The number of aromatic nitrogens is 4. The Labute approximate surface area is 109 Å². The maximum atomic E-state index is 8.77. The molecule has 8 nitrogen and oxygen atoms in total. The van der Waals surface area contributed by atoms with Crippen LogP contribution in [0.15, 0.2) is 25.0 Å². The molecule has 0 aliphatic rings. The lowest BCUT2D eigenvalue weighted by molar-refractivity contribution is 0.909. The fourth-order valence-corrected chi connectivity index (χ4v) is 1.60. The molecule has 0 bridgehead atoms. The summed E-state index contributed by atoms with van der Waals surface area (Å²) in [7, 11) is 0. The monoisotopic (exact) mass is 254 g/mol. The maximum Gasteiger partial charge on any atom is 0.166 e. The third kappa shape index (κ3) is 2.42. The number of nitrogen functional groups attached to an aromatic ring is 1. The van der Waals surface area contributed by atoms with Gasteiger partial charge < -0.3 is 10.6 Å². The van der Waals surface area contributed by atoms with Crippen molar-refractivity contribution < 1.29 is 0 Å². The van der Waals surface area contributed by atoms with Gasteiger partial charge in [0.2, 0.25) is 0 Å². The standard InChI is InChI=1S/C11H10N8/c12-1-4-18(5-2-13)10-9(14)11(17-7-16-10)19-6-3-15-8-19/h3,6-8H,4-5,14H2. The summed E-state index contributed by atoms with van der Waals surface area (Å²) >= 11 is 0. The van der Waals surface area contributed by atoms with Crippen molar-refractivity contribution in [2.75, 3.05) is 23.7 Å². The molecule has 0 unspecified atom stereocenters. The first-order chi connectivity index (χ1) is 9.27. The van der Waals surface area contributed by atoms with Gasteiger partial charge in [-0.05, 0) is 0 Å². The molecule has 2 rings (SSSR count). The highest BCUT2D eigenvalue weighted by Crippen LogP contribution is 2.24. The van der Waals surface area contributed by atoms with Crippen LogP contribution in [0, 0.1) is 22.7 Å². The van der Waals surface area contributed by atoms with E-state index < -0.39 is 0 Å². The summed E-state index contributed by atoms with van der Waals surface area (Å²) in [6.07, 6.45) is 6.19. The molecule has 0 aliphatic heterocycles. The van der Waals surface area contributed by atoms with Crippen LogP contribution in [0.25, 0.3) is 5.82 Å². The highest BCUT2D eigenvalue weighted by Gasteiger charge is 2.15. The second-order valence-electron chi connectivity index (χ2n) is 3.58. The molecule has 0 aromatic carbocycles. The number of nitrogens with two attached hydrogens (primary N) is 1. The van der Waals surface area contributed by atoms with Crippen LogP contribution >= 0.6 is 0 Å². The number of hydrogen-bond donors (Lipinski definition) is 1. The normalized spacial score (nSPS) is 9.58. The van der Waals surface area contributed by atoms with Crippen LogP contribution in [-0.2, 0) is 0 Å². The summed E-state index contributed by atoms with van der Waals surface area (Å²) < 4.78 is 1.64. The van der Waals surface area contributed by atoms with Crippen LogP contribution in [0.4, 0.5) is 11.5 Å². The van der Waals surface area contributed by atoms with Crippen molar-refractivity contribution in [3.63, 3.8) is 0 Å². The Bertz CT molecular complexity index is 618. The van der Waals surface area contributed by atoms with Gasteiger partial charge in [-0.2, -0.15) is 10.5 Å². The van der Waals surface area contributed by atoms with Gasteiger partial charge in [0.15, 0.2) is 11.6 Å². The van der Waals surface area contributed by atoms with Gasteiger partial charge in [-0.3, -0.25) is 4.57 Å². The van der Waals surface area contributed by atoms with Crippen molar-refractivity contribution in [2.45, 2.75) is 0 Å². The molecule has 8 heteroatoms. The zero-order valence-electron chi connectivity index (χ0n) is 9.93. The van der Waals surface area contributed by atoms with Crippen LogP contribution < -0.4 is 10.6 Å². The smallest absolute Gasteiger partial charge is 0.166 e. The molecule has 0 radical (unpaired) electrons. The number of imidazole rings is 1.